The highest BCUT2D eigenvalue weighted by atomic mass is 79.9. The summed E-state index contributed by atoms with van der Waals surface area (Å²) in [5.41, 5.74) is 2.31. The van der Waals surface area contributed by atoms with E-state index in [9.17, 15) is 4.79 Å². The lowest BCUT2D eigenvalue weighted by atomic mass is 9.99. The topological polar surface area (TPSA) is 17.1 Å². The first-order valence-corrected chi connectivity index (χ1v) is 7.26. The average Bonchev–Trinajstić information content (AvgIpc) is 2.33. The third-order valence-corrected chi connectivity index (χ3v) is 4.09. The van der Waals surface area contributed by atoms with Gasteiger partial charge in [0.15, 0.2) is 5.78 Å². The SMILES string of the molecule is Cc1cc(Br)ccc1C(=O)Cc1c(Cl)cccc1Cl. The summed E-state index contributed by atoms with van der Waals surface area (Å²) in [6.07, 6.45) is 0.209. The van der Waals surface area contributed by atoms with Gasteiger partial charge >= 0.3 is 0 Å². The van der Waals surface area contributed by atoms with Crippen LogP contribution in [0.2, 0.25) is 10.0 Å². The summed E-state index contributed by atoms with van der Waals surface area (Å²) >= 11 is 15.5. The average molecular weight is 358 g/mol. The summed E-state index contributed by atoms with van der Waals surface area (Å²) in [6, 6.07) is 10.8. The predicted octanol–water partition coefficient (Wildman–Crippen LogP) is 5.49. The molecule has 1 nitrogen and oxygen atoms in total. The molecule has 0 aliphatic carbocycles. The molecule has 2 rings (SSSR count). The highest BCUT2D eigenvalue weighted by molar-refractivity contribution is 9.10. The molecule has 4 heteroatoms. The minimum absolute atomic E-state index is 0.0139. The molecule has 0 amide bonds. The Labute approximate surface area is 130 Å². The molecule has 0 atom stereocenters. The molecule has 98 valence electrons. The van der Waals surface area contributed by atoms with E-state index in [0.717, 1.165) is 10.0 Å². The van der Waals surface area contributed by atoms with Crippen LogP contribution in [0.4, 0.5) is 0 Å². The van der Waals surface area contributed by atoms with Crippen LogP contribution in [0.3, 0.4) is 0 Å². The lowest BCUT2D eigenvalue weighted by molar-refractivity contribution is 0.0992. The van der Waals surface area contributed by atoms with E-state index in [0.29, 0.717) is 21.2 Å². The molecule has 2 aromatic carbocycles. The number of benzene rings is 2. The Morgan fingerprint density at radius 1 is 1.16 bits per heavy atom. The number of hydrogen-bond acceptors (Lipinski definition) is 1. The largest absolute Gasteiger partial charge is 0.294 e. The molecule has 0 saturated heterocycles. The van der Waals surface area contributed by atoms with Gasteiger partial charge in [0.1, 0.15) is 0 Å². The zero-order valence-corrected chi connectivity index (χ0v) is 13.3. The normalized spacial score (nSPS) is 10.5. The first kappa shape index (κ1) is 14.6. The molecule has 2 aromatic rings. The molecule has 0 radical (unpaired) electrons. The van der Waals surface area contributed by atoms with Gasteiger partial charge in [0.25, 0.3) is 0 Å². The first-order chi connectivity index (χ1) is 8.99. The maximum atomic E-state index is 12.3. The van der Waals surface area contributed by atoms with Crippen molar-refractivity contribution < 1.29 is 4.79 Å². The smallest absolute Gasteiger partial charge is 0.167 e. The van der Waals surface area contributed by atoms with Crippen molar-refractivity contribution in [3.63, 3.8) is 0 Å². The Kier molecular flexibility index (Phi) is 4.67. The summed E-state index contributed by atoms with van der Waals surface area (Å²) in [5, 5.41) is 1.05. The van der Waals surface area contributed by atoms with Crippen LogP contribution in [-0.4, -0.2) is 5.78 Å². The van der Waals surface area contributed by atoms with Crippen LogP contribution in [0.5, 0.6) is 0 Å². The van der Waals surface area contributed by atoms with Gasteiger partial charge in [-0.05, 0) is 42.3 Å². The van der Waals surface area contributed by atoms with Gasteiger partial charge in [-0.15, -0.1) is 0 Å². The van der Waals surface area contributed by atoms with Crippen LogP contribution in [0.15, 0.2) is 40.9 Å². The minimum atomic E-state index is 0.0139. The van der Waals surface area contributed by atoms with Gasteiger partial charge in [0.05, 0.1) is 0 Å². The fraction of sp³-hybridized carbons (Fsp3) is 0.133. The van der Waals surface area contributed by atoms with E-state index in [1.165, 1.54) is 0 Å². The van der Waals surface area contributed by atoms with Crippen molar-refractivity contribution in [2.45, 2.75) is 13.3 Å². The summed E-state index contributed by atoms with van der Waals surface area (Å²) in [7, 11) is 0. The molecular weight excluding hydrogens is 347 g/mol. The lowest BCUT2D eigenvalue weighted by Gasteiger charge is -2.08. The van der Waals surface area contributed by atoms with Crippen LogP contribution in [0.1, 0.15) is 21.5 Å². The molecule has 0 aromatic heterocycles. The van der Waals surface area contributed by atoms with Crippen molar-refractivity contribution in [3.8, 4) is 0 Å². The first-order valence-electron chi connectivity index (χ1n) is 5.71. The fourth-order valence-electron chi connectivity index (χ4n) is 1.90. The second kappa shape index (κ2) is 6.08. The van der Waals surface area contributed by atoms with Crippen LogP contribution in [-0.2, 0) is 6.42 Å². The number of ketones is 1. The fourth-order valence-corrected chi connectivity index (χ4v) is 2.90. The number of carbonyl (C=O) groups is 1. The van der Waals surface area contributed by atoms with Gasteiger partial charge in [0.2, 0.25) is 0 Å². The van der Waals surface area contributed by atoms with Gasteiger partial charge < -0.3 is 0 Å². The molecule has 0 fully saturated rings. The highest BCUT2D eigenvalue weighted by Crippen LogP contribution is 2.26. The lowest BCUT2D eigenvalue weighted by Crippen LogP contribution is -2.06. The zero-order valence-electron chi connectivity index (χ0n) is 10.2. The standard InChI is InChI=1S/C15H11BrCl2O/c1-9-7-10(16)5-6-11(9)15(19)8-12-13(17)3-2-4-14(12)18/h2-7H,8H2,1H3. The molecule has 19 heavy (non-hydrogen) atoms. The number of Topliss-reactive ketones (excluding diaryl/α,β-unsaturated/α-hetero) is 1. The van der Waals surface area contributed by atoms with E-state index in [2.05, 4.69) is 15.9 Å². The van der Waals surface area contributed by atoms with Crippen LogP contribution in [0.25, 0.3) is 0 Å². The van der Waals surface area contributed by atoms with E-state index in [-0.39, 0.29) is 12.2 Å². The maximum absolute atomic E-state index is 12.3. The number of hydrogen-bond donors (Lipinski definition) is 0. The van der Waals surface area contributed by atoms with Crippen molar-refractivity contribution in [1.29, 1.82) is 0 Å². The van der Waals surface area contributed by atoms with E-state index in [1.807, 2.05) is 25.1 Å². The molecule has 0 aliphatic heterocycles. The van der Waals surface area contributed by atoms with E-state index >= 15 is 0 Å². The number of rotatable bonds is 3. The minimum Gasteiger partial charge on any atom is -0.294 e. The van der Waals surface area contributed by atoms with Crippen molar-refractivity contribution in [2.24, 2.45) is 0 Å². The van der Waals surface area contributed by atoms with Gasteiger partial charge in [-0.25, -0.2) is 0 Å². The highest BCUT2D eigenvalue weighted by Gasteiger charge is 2.14. The molecule has 0 unspecified atom stereocenters. The molecular formula is C15H11BrCl2O. The van der Waals surface area contributed by atoms with E-state index < -0.39 is 0 Å². The summed E-state index contributed by atoms with van der Waals surface area (Å²) in [6.45, 7) is 1.91. The summed E-state index contributed by atoms with van der Waals surface area (Å²) < 4.78 is 0.956. The van der Waals surface area contributed by atoms with E-state index in [1.54, 1.807) is 18.2 Å². The van der Waals surface area contributed by atoms with Crippen molar-refractivity contribution >= 4 is 44.9 Å². The Hall–Kier alpha value is -0.830. The summed E-state index contributed by atoms with van der Waals surface area (Å²) in [4.78, 5) is 12.3. The third-order valence-electron chi connectivity index (χ3n) is 2.89. The van der Waals surface area contributed by atoms with Gasteiger partial charge in [-0.2, -0.15) is 0 Å². The Morgan fingerprint density at radius 3 is 2.37 bits per heavy atom. The van der Waals surface area contributed by atoms with Gasteiger partial charge in [-0.1, -0.05) is 51.3 Å². The molecule has 0 spiro atoms. The van der Waals surface area contributed by atoms with Crippen molar-refractivity contribution in [2.75, 3.05) is 0 Å². The third kappa shape index (κ3) is 3.38. The molecule has 0 heterocycles. The second-order valence-electron chi connectivity index (χ2n) is 4.26. The van der Waals surface area contributed by atoms with Crippen LogP contribution in [0, 0.1) is 6.92 Å². The predicted molar refractivity (Wildman–Crippen MR) is 83.4 cm³/mol. The van der Waals surface area contributed by atoms with E-state index in [4.69, 9.17) is 23.2 Å². The second-order valence-corrected chi connectivity index (χ2v) is 5.99. The molecule has 0 aliphatic rings. The Balaban J connectivity index is 2.31. The van der Waals surface area contributed by atoms with Gasteiger partial charge in [0, 0.05) is 26.5 Å². The number of carbonyl (C=O) groups excluding carboxylic acids is 1. The molecule has 0 saturated carbocycles. The quantitative estimate of drug-likeness (QED) is 0.664. The van der Waals surface area contributed by atoms with Crippen LogP contribution < -0.4 is 0 Å². The van der Waals surface area contributed by atoms with Gasteiger partial charge in [-0.3, -0.25) is 4.79 Å². The Morgan fingerprint density at radius 2 is 1.79 bits per heavy atom. The number of halogens is 3. The van der Waals surface area contributed by atoms with Crippen molar-refractivity contribution in [3.05, 3.63) is 67.6 Å². The summed E-state index contributed by atoms with van der Waals surface area (Å²) in [5.74, 6) is 0.0139. The maximum Gasteiger partial charge on any atom is 0.167 e. The Bertz CT molecular complexity index is 618. The monoisotopic (exact) mass is 356 g/mol. The molecule has 0 N–H and O–H groups in total. The van der Waals surface area contributed by atoms with Crippen LogP contribution >= 0.6 is 39.1 Å². The number of aryl methyl sites for hydroxylation is 1. The van der Waals surface area contributed by atoms with Crippen molar-refractivity contribution in [1.82, 2.24) is 0 Å². The zero-order chi connectivity index (χ0) is 14.0. The molecule has 0 bridgehead atoms.